The molecule has 1 heterocycles. The Morgan fingerprint density at radius 3 is 2.44 bits per heavy atom. The summed E-state index contributed by atoms with van der Waals surface area (Å²) in [4.78, 5) is 11.1. The van der Waals surface area contributed by atoms with E-state index in [9.17, 15) is 18.5 Å². The lowest BCUT2D eigenvalue weighted by Gasteiger charge is -2.49. The fourth-order valence-electron chi connectivity index (χ4n) is 3.92. The Labute approximate surface area is 197 Å². The molecule has 1 fully saturated rings. The fourth-order valence-corrected chi connectivity index (χ4v) is 5.53. The lowest BCUT2D eigenvalue weighted by molar-refractivity contribution is -0.138. The molecule has 1 saturated heterocycles. The van der Waals surface area contributed by atoms with Crippen molar-refractivity contribution in [3.8, 4) is 11.8 Å². The number of carboxylic acids is 1. The molecule has 1 aliphatic heterocycles. The quantitative estimate of drug-likeness (QED) is 0.509. The first-order valence-corrected chi connectivity index (χ1v) is 12.0. The van der Waals surface area contributed by atoms with Crippen molar-refractivity contribution in [1.82, 2.24) is 4.31 Å². The average Bonchev–Trinajstić information content (AvgIpc) is 2.82. The molecule has 0 aliphatic carbocycles. The topological polar surface area (TPSA) is 134 Å². The van der Waals surface area contributed by atoms with E-state index in [0.29, 0.717) is 16.9 Å². The van der Waals surface area contributed by atoms with Gasteiger partial charge in [0.2, 0.25) is 10.0 Å². The molecule has 0 radical (unpaired) electrons. The van der Waals surface area contributed by atoms with Crippen molar-refractivity contribution in [1.29, 1.82) is 5.26 Å². The van der Waals surface area contributed by atoms with Gasteiger partial charge in [0.05, 0.1) is 23.5 Å². The second kappa shape index (κ2) is 9.27. The number of para-hydroxylation sites is 1. The second-order valence-electron chi connectivity index (χ2n) is 8.14. The minimum absolute atomic E-state index is 0.0146. The van der Waals surface area contributed by atoms with Crippen LogP contribution in [-0.4, -0.2) is 42.9 Å². The summed E-state index contributed by atoms with van der Waals surface area (Å²) in [6.45, 7) is 0.107. The van der Waals surface area contributed by atoms with E-state index >= 15 is 0 Å². The molecule has 1 atom stereocenters. The Hall–Kier alpha value is -3.71. The molecule has 1 unspecified atom stereocenters. The highest BCUT2D eigenvalue weighted by Gasteiger charge is 2.52. The predicted molar refractivity (Wildman–Crippen MR) is 124 cm³/mol. The number of hydrogen-bond donors (Lipinski definition) is 2. The van der Waals surface area contributed by atoms with Crippen LogP contribution in [0.25, 0.3) is 0 Å². The van der Waals surface area contributed by atoms with Crippen LogP contribution in [0.4, 0.5) is 0 Å². The van der Waals surface area contributed by atoms with E-state index in [-0.39, 0.29) is 24.4 Å². The van der Waals surface area contributed by atoms with Gasteiger partial charge < -0.3 is 15.6 Å². The number of benzene rings is 3. The molecule has 3 aromatic rings. The molecule has 1 aliphatic rings. The number of nitrogens with zero attached hydrogens (tertiary/aromatic N) is 2. The third-order valence-corrected chi connectivity index (χ3v) is 7.57. The van der Waals surface area contributed by atoms with Gasteiger partial charge >= 0.3 is 5.97 Å². The van der Waals surface area contributed by atoms with Crippen LogP contribution in [0.15, 0.2) is 83.8 Å². The van der Waals surface area contributed by atoms with Gasteiger partial charge in [-0.05, 0) is 41.8 Å². The lowest BCUT2D eigenvalue weighted by atomic mass is 9.87. The largest absolute Gasteiger partial charge is 0.480 e. The van der Waals surface area contributed by atoms with Gasteiger partial charge in [-0.1, -0.05) is 54.6 Å². The molecule has 0 saturated carbocycles. The fraction of sp³-hybridized carbons (Fsp3) is 0.200. The van der Waals surface area contributed by atoms with Gasteiger partial charge in [-0.3, -0.25) is 4.79 Å². The monoisotopic (exact) mass is 477 g/mol. The third-order valence-electron chi connectivity index (χ3n) is 5.79. The van der Waals surface area contributed by atoms with Crippen molar-refractivity contribution in [2.45, 2.75) is 23.0 Å². The summed E-state index contributed by atoms with van der Waals surface area (Å²) in [5.41, 5.74) is 6.33. The maximum Gasteiger partial charge on any atom is 0.320 e. The van der Waals surface area contributed by atoms with Crippen LogP contribution in [0.3, 0.4) is 0 Å². The summed E-state index contributed by atoms with van der Waals surface area (Å²) in [5, 5.41) is 18.5. The van der Waals surface area contributed by atoms with Gasteiger partial charge in [0.25, 0.3) is 0 Å². The Morgan fingerprint density at radius 2 is 1.76 bits per heavy atom. The van der Waals surface area contributed by atoms with Crippen LogP contribution in [-0.2, 0) is 26.8 Å². The minimum atomic E-state index is -3.87. The molecular weight excluding hydrogens is 454 g/mol. The van der Waals surface area contributed by atoms with Crippen molar-refractivity contribution in [3.63, 3.8) is 0 Å². The number of ether oxygens (including phenoxy) is 1. The first kappa shape index (κ1) is 23.4. The number of rotatable bonds is 8. The Morgan fingerprint density at radius 1 is 1.09 bits per heavy atom. The first-order chi connectivity index (χ1) is 16.2. The lowest BCUT2D eigenvalue weighted by Crippen LogP contribution is -2.64. The Balaban J connectivity index is 1.62. The molecule has 9 heteroatoms. The summed E-state index contributed by atoms with van der Waals surface area (Å²) < 4.78 is 34.3. The predicted octanol–water partition coefficient (Wildman–Crippen LogP) is 2.49. The van der Waals surface area contributed by atoms with Gasteiger partial charge in [-0.25, -0.2) is 8.42 Å². The van der Waals surface area contributed by atoms with Gasteiger partial charge in [0.15, 0.2) is 5.60 Å². The first-order valence-electron chi connectivity index (χ1n) is 10.6. The van der Waals surface area contributed by atoms with E-state index < -0.39 is 27.6 Å². The van der Waals surface area contributed by atoms with Crippen LogP contribution >= 0.6 is 0 Å². The normalized spacial score (nSPS) is 16.1. The number of nitriles is 1. The van der Waals surface area contributed by atoms with Gasteiger partial charge in [-0.2, -0.15) is 9.57 Å². The average molecular weight is 478 g/mol. The summed E-state index contributed by atoms with van der Waals surface area (Å²) in [7, 11) is -3.87. The number of carbonyl (C=O) groups is 1. The van der Waals surface area contributed by atoms with E-state index in [4.69, 9.17) is 15.6 Å². The van der Waals surface area contributed by atoms with Crippen LogP contribution in [0, 0.1) is 11.3 Å². The van der Waals surface area contributed by atoms with Crippen molar-refractivity contribution in [2.24, 2.45) is 5.73 Å². The van der Waals surface area contributed by atoms with Crippen molar-refractivity contribution in [3.05, 3.63) is 95.6 Å². The van der Waals surface area contributed by atoms with Crippen molar-refractivity contribution >= 4 is 16.0 Å². The zero-order valence-electron chi connectivity index (χ0n) is 18.2. The van der Waals surface area contributed by atoms with Crippen molar-refractivity contribution < 1.29 is 23.1 Å². The summed E-state index contributed by atoms with van der Waals surface area (Å²) in [5.74, 6) is -0.769. The molecule has 0 bridgehead atoms. The SMILES string of the molecule is N#Cc1ccccc1OC1(c2ccccc2)CN(S(=O)(=O)c2cccc(CC(N)C(=O)O)c2)C1. The zero-order valence-corrected chi connectivity index (χ0v) is 19.0. The summed E-state index contributed by atoms with van der Waals surface area (Å²) in [6, 6.07) is 23.3. The number of nitrogens with two attached hydrogens (primary N) is 1. The molecule has 0 spiro atoms. The number of sulfonamides is 1. The molecule has 0 aromatic heterocycles. The molecule has 4 rings (SSSR count). The van der Waals surface area contributed by atoms with Crippen molar-refractivity contribution in [2.75, 3.05) is 13.1 Å². The highest BCUT2D eigenvalue weighted by molar-refractivity contribution is 7.89. The maximum atomic E-state index is 13.4. The van der Waals surface area contributed by atoms with Crippen LogP contribution in [0.1, 0.15) is 16.7 Å². The highest BCUT2D eigenvalue weighted by Crippen LogP contribution is 2.40. The van der Waals surface area contributed by atoms with Gasteiger partial charge in [0, 0.05) is 0 Å². The molecule has 174 valence electrons. The van der Waals surface area contributed by atoms with Crippen LogP contribution in [0.2, 0.25) is 0 Å². The van der Waals surface area contributed by atoms with Gasteiger partial charge in [0.1, 0.15) is 17.9 Å². The third kappa shape index (κ3) is 4.52. The van der Waals surface area contributed by atoms with Crippen LogP contribution < -0.4 is 10.5 Å². The maximum absolute atomic E-state index is 13.4. The minimum Gasteiger partial charge on any atom is -0.480 e. The summed E-state index contributed by atoms with van der Waals surface area (Å²) >= 11 is 0. The zero-order chi connectivity index (χ0) is 24.3. The molecular formula is C25H23N3O5S. The van der Waals surface area contributed by atoms with Gasteiger partial charge in [-0.15, -0.1) is 0 Å². The highest BCUT2D eigenvalue weighted by atomic mass is 32.2. The van der Waals surface area contributed by atoms with E-state index in [2.05, 4.69) is 6.07 Å². The molecule has 3 aromatic carbocycles. The molecule has 34 heavy (non-hydrogen) atoms. The van der Waals surface area contributed by atoms with E-state index in [1.165, 1.54) is 16.4 Å². The van der Waals surface area contributed by atoms with E-state index in [0.717, 1.165) is 5.56 Å². The molecule has 3 N–H and O–H groups in total. The summed E-state index contributed by atoms with van der Waals surface area (Å²) in [6.07, 6.45) is 0.0146. The number of carboxylic acid groups (broad SMARTS) is 1. The Kier molecular flexibility index (Phi) is 6.39. The second-order valence-corrected chi connectivity index (χ2v) is 10.1. The van der Waals surface area contributed by atoms with E-state index in [1.54, 1.807) is 36.4 Å². The standard InChI is InChI=1S/C25H23N3O5S/c26-15-19-8-4-5-12-23(19)33-25(20-9-2-1-3-10-20)16-28(17-25)34(31,32)21-11-6-7-18(13-21)14-22(27)24(29)30/h1-13,22H,14,16-17,27H2,(H,29,30). The number of hydrogen-bond acceptors (Lipinski definition) is 6. The van der Waals surface area contributed by atoms with Crippen LogP contribution in [0.5, 0.6) is 5.75 Å². The molecule has 0 amide bonds. The smallest absolute Gasteiger partial charge is 0.320 e. The molecule has 8 nitrogen and oxygen atoms in total. The Bertz CT molecular complexity index is 1350. The number of aliphatic carboxylic acids is 1. The van der Waals surface area contributed by atoms with E-state index in [1.807, 2.05) is 30.3 Å².